The lowest BCUT2D eigenvalue weighted by Crippen LogP contribution is -2.23. The van der Waals surface area contributed by atoms with E-state index in [1.54, 1.807) is 12.5 Å². The van der Waals surface area contributed by atoms with Crippen molar-refractivity contribution >= 4 is 11.6 Å². The van der Waals surface area contributed by atoms with Crippen LogP contribution in [0.15, 0.2) is 42.9 Å². The molecule has 0 atom stereocenters. The van der Waals surface area contributed by atoms with Crippen LogP contribution >= 0.6 is 0 Å². The molecule has 3 heterocycles. The zero-order chi connectivity index (χ0) is 19.0. The van der Waals surface area contributed by atoms with Crippen molar-refractivity contribution in [1.29, 1.82) is 0 Å². The van der Waals surface area contributed by atoms with Crippen LogP contribution in [0.2, 0.25) is 0 Å². The number of hydrogen-bond donors (Lipinski definition) is 0. The van der Waals surface area contributed by atoms with E-state index in [2.05, 4.69) is 41.2 Å². The van der Waals surface area contributed by atoms with Gasteiger partial charge in [0.05, 0.1) is 6.54 Å². The standard InChI is InChI=1S/C21H23N5O/c1-14(2)20-18-12-26(21(27)17(18)9-10-22-20)16-6-4-5-15(11-16)7-8-19-24-23-13-25(19)3/h4-6,9-11,13-14H,7-8,12H2,1-3H3. The molecule has 0 bridgehead atoms. The summed E-state index contributed by atoms with van der Waals surface area (Å²) in [5.41, 5.74) is 4.96. The average Bonchev–Trinajstić information content (AvgIpc) is 3.23. The molecular formula is C21H23N5O. The van der Waals surface area contributed by atoms with Crippen LogP contribution in [0.1, 0.15) is 52.8 Å². The summed E-state index contributed by atoms with van der Waals surface area (Å²) >= 11 is 0. The Morgan fingerprint density at radius 1 is 1.19 bits per heavy atom. The molecule has 0 N–H and O–H groups in total. The van der Waals surface area contributed by atoms with E-state index in [1.807, 2.05) is 34.7 Å². The fourth-order valence-electron chi connectivity index (χ4n) is 3.63. The number of carbonyl (C=O) groups excluding carboxylic acids is 1. The number of hydrogen-bond acceptors (Lipinski definition) is 4. The Labute approximate surface area is 158 Å². The van der Waals surface area contributed by atoms with Crippen molar-refractivity contribution in [2.45, 2.75) is 39.2 Å². The number of pyridine rings is 1. The van der Waals surface area contributed by atoms with E-state index in [0.29, 0.717) is 12.5 Å². The van der Waals surface area contributed by atoms with Crippen LogP contribution in [0.25, 0.3) is 0 Å². The number of amides is 1. The molecule has 2 aromatic heterocycles. The first kappa shape index (κ1) is 17.4. The molecule has 6 heteroatoms. The van der Waals surface area contributed by atoms with Crippen LogP contribution in [0.3, 0.4) is 0 Å². The maximum atomic E-state index is 12.9. The molecule has 27 heavy (non-hydrogen) atoms. The summed E-state index contributed by atoms with van der Waals surface area (Å²) in [7, 11) is 1.95. The van der Waals surface area contributed by atoms with Gasteiger partial charge in [-0.05, 0) is 36.1 Å². The molecule has 4 rings (SSSR count). The molecule has 0 radical (unpaired) electrons. The van der Waals surface area contributed by atoms with Crippen LogP contribution < -0.4 is 4.90 Å². The first-order valence-corrected chi connectivity index (χ1v) is 9.26. The second-order valence-corrected chi connectivity index (χ2v) is 7.30. The zero-order valence-electron chi connectivity index (χ0n) is 15.9. The molecule has 1 amide bonds. The van der Waals surface area contributed by atoms with Gasteiger partial charge in [-0.25, -0.2) is 0 Å². The molecule has 1 aliphatic rings. The van der Waals surface area contributed by atoms with Gasteiger partial charge in [-0.2, -0.15) is 0 Å². The predicted octanol–water partition coefficient (Wildman–Crippen LogP) is 3.28. The van der Waals surface area contributed by atoms with Gasteiger partial charge in [0.2, 0.25) is 0 Å². The lowest BCUT2D eigenvalue weighted by Gasteiger charge is -2.17. The highest BCUT2D eigenvalue weighted by molar-refractivity contribution is 6.10. The van der Waals surface area contributed by atoms with Crippen LogP contribution in [-0.4, -0.2) is 25.7 Å². The number of anilines is 1. The average molecular weight is 361 g/mol. The minimum absolute atomic E-state index is 0.0553. The van der Waals surface area contributed by atoms with Crippen molar-refractivity contribution in [3.8, 4) is 0 Å². The highest BCUT2D eigenvalue weighted by atomic mass is 16.2. The summed E-state index contributed by atoms with van der Waals surface area (Å²) in [5.74, 6) is 1.31. The maximum Gasteiger partial charge on any atom is 0.259 e. The van der Waals surface area contributed by atoms with E-state index < -0.39 is 0 Å². The Kier molecular flexibility index (Phi) is 4.48. The number of aromatic nitrogens is 4. The van der Waals surface area contributed by atoms with Gasteiger partial charge in [-0.15, -0.1) is 10.2 Å². The number of benzene rings is 1. The number of fused-ring (bicyclic) bond motifs is 1. The van der Waals surface area contributed by atoms with E-state index in [-0.39, 0.29) is 5.91 Å². The molecule has 1 aliphatic heterocycles. The Morgan fingerprint density at radius 2 is 2.04 bits per heavy atom. The predicted molar refractivity (Wildman–Crippen MR) is 104 cm³/mol. The number of nitrogens with zero attached hydrogens (tertiary/aromatic N) is 5. The van der Waals surface area contributed by atoms with Gasteiger partial charge in [0, 0.05) is 42.2 Å². The third-order valence-corrected chi connectivity index (χ3v) is 5.09. The van der Waals surface area contributed by atoms with Gasteiger partial charge in [0.1, 0.15) is 12.2 Å². The van der Waals surface area contributed by atoms with Gasteiger partial charge < -0.3 is 9.47 Å². The first-order chi connectivity index (χ1) is 13.0. The van der Waals surface area contributed by atoms with E-state index in [9.17, 15) is 4.79 Å². The van der Waals surface area contributed by atoms with Crippen molar-refractivity contribution in [2.75, 3.05) is 4.90 Å². The highest BCUT2D eigenvalue weighted by Crippen LogP contribution is 2.32. The fraction of sp³-hybridized carbons (Fsp3) is 0.333. The lowest BCUT2D eigenvalue weighted by molar-refractivity contribution is 0.0996. The van der Waals surface area contributed by atoms with Gasteiger partial charge in [0.25, 0.3) is 5.91 Å². The molecular weight excluding hydrogens is 338 g/mol. The minimum Gasteiger partial charge on any atom is -0.321 e. The highest BCUT2D eigenvalue weighted by Gasteiger charge is 2.31. The van der Waals surface area contributed by atoms with Crippen molar-refractivity contribution in [3.05, 3.63) is 71.1 Å². The normalized spacial score (nSPS) is 13.5. The van der Waals surface area contributed by atoms with Crippen molar-refractivity contribution < 1.29 is 4.79 Å². The Bertz CT molecular complexity index is 992. The second-order valence-electron chi connectivity index (χ2n) is 7.30. The summed E-state index contributed by atoms with van der Waals surface area (Å²) in [6, 6.07) is 10.0. The molecule has 0 unspecified atom stereocenters. The molecule has 0 saturated carbocycles. The van der Waals surface area contributed by atoms with Crippen LogP contribution in [0.4, 0.5) is 5.69 Å². The van der Waals surface area contributed by atoms with Gasteiger partial charge in [-0.3, -0.25) is 9.78 Å². The SMILES string of the molecule is CC(C)c1nccc2c1CN(c1cccc(CCc3nncn3C)c1)C2=O. The molecule has 1 aromatic carbocycles. The summed E-state index contributed by atoms with van der Waals surface area (Å²) in [6.07, 6.45) is 5.13. The lowest BCUT2D eigenvalue weighted by atomic mass is 10.0. The second kappa shape index (κ2) is 6.95. The van der Waals surface area contributed by atoms with E-state index in [0.717, 1.165) is 41.2 Å². The summed E-state index contributed by atoms with van der Waals surface area (Å²) < 4.78 is 1.94. The summed E-state index contributed by atoms with van der Waals surface area (Å²) in [6.45, 7) is 4.81. The molecule has 3 aromatic rings. The van der Waals surface area contributed by atoms with Crippen LogP contribution in [0, 0.1) is 0 Å². The molecule has 6 nitrogen and oxygen atoms in total. The number of carbonyl (C=O) groups is 1. The molecule has 138 valence electrons. The third-order valence-electron chi connectivity index (χ3n) is 5.09. The molecule has 0 fully saturated rings. The van der Waals surface area contributed by atoms with Gasteiger partial charge >= 0.3 is 0 Å². The van der Waals surface area contributed by atoms with Crippen LogP contribution in [-0.2, 0) is 26.4 Å². The van der Waals surface area contributed by atoms with E-state index in [1.165, 1.54) is 5.56 Å². The summed E-state index contributed by atoms with van der Waals surface area (Å²) in [4.78, 5) is 19.3. The minimum atomic E-state index is 0.0553. The Balaban J connectivity index is 1.57. The fourth-order valence-corrected chi connectivity index (χ4v) is 3.63. The Morgan fingerprint density at radius 3 is 2.78 bits per heavy atom. The van der Waals surface area contributed by atoms with Gasteiger partial charge in [-0.1, -0.05) is 26.0 Å². The maximum absolute atomic E-state index is 12.9. The first-order valence-electron chi connectivity index (χ1n) is 9.26. The number of aryl methyl sites for hydroxylation is 3. The van der Waals surface area contributed by atoms with Gasteiger partial charge in [0.15, 0.2) is 0 Å². The van der Waals surface area contributed by atoms with Crippen LogP contribution in [0.5, 0.6) is 0 Å². The molecule has 0 aliphatic carbocycles. The quantitative estimate of drug-likeness (QED) is 0.700. The Hall–Kier alpha value is -3.02. The van der Waals surface area contributed by atoms with E-state index >= 15 is 0 Å². The largest absolute Gasteiger partial charge is 0.321 e. The topological polar surface area (TPSA) is 63.9 Å². The van der Waals surface area contributed by atoms with Crippen molar-refractivity contribution in [1.82, 2.24) is 19.7 Å². The smallest absolute Gasteiger partial charge is 0.259 e. The third kappa shape index (κ3) is 3.23. The van der Waals surface area contributed by atoms with Crippen molar-refractivity contribution in [3.63, 3.8) is 0 Å². The molecule has 0 spiro atoms. The summed E-state index contributed by atoms with van der Waals surface area (Å²) in [5, 5.41) is 8.06. The zero-order valence-corrected chi connectivity index (χ0v) is 15.9. The molecule has 0 saturated heterocycles. The monoisotopic (exact) mass is 361 g/mol. The van der Waals surface area contributed by atoms with E-state index in [4.69, 9.17) is 0 Å². The number of rotatable bonds is 5. The van der Waals surface area contributed by atoms with Crippen molar-refractivity contribution in [2.24, 2.45) is 7.05 Å².